The minimum Gasteiger partial charge on any atom is -0.464 e. The number of hydrogen-bond acceptors (Lipinski definition) is 4. The summed E-state index contributed by atoms with van der Waals surface area (Å²) >= 11 is 0. The normalized spacial score (nSPS) is 10.8. The Balaban J connectivity index is 2.13. The predicted octanol–water partition coefficient (Wildman–Crippen LogP) is 2.68. The number of halogens is 1. The molecule has 0 aromatic heterocycles. The fraction of sp³-hybridized carbons (Fsp3) is 0.0588. The second-order valence-electron chi connectivity index (χ2n) is 4.52. The van der Waals surface area contributed by atoms with Crippen molar-refractivity contribution < 1.29 is 18.7 Å². The zero-order chi connectivity index (χ0) is 16.7. The zero-order valence-electron chi connectivity index (χ0n) is 12.4. The molecule has 1 amide bonds. The molecule has 23 heavy (non-hydrogen) atoms. The molecule has 0 unspecified atom stereocenters. The molecule has 0 aliphatic carbocycles. The summed E-state index contributed by atoms with van der Waals surface area (Å²) < 4.78 is 17.5. The molecule has 6 heteroatoms. The van der Waals surface area contributed by atoms with Gasteiger partial charge in [0.25, 0.3) is 5.91 Å². The van der Waals surface area contributed by atoms with Gasteiger partial charge in [0, 0.05) is 17.5 Å². The molecule has 0 radical (unpaired) electrons. The molecule has 0 fully saturated rings. The molecule has 0 bridgehead atoms. The molecule has 0 aliphatic heterocycles. The van der Waals surface area contributed by atoms with E-state index in [1.54, 1.807) is 30.3 Å². The third-order valence-electron chi connectivity index (χ3n) is 2.92. The van der Waals surface area contributed by atoms with E-state index in [-0.39, 0.29) is 11.5 Å². The molecule has 2 rings (SSSR count). The second kappa shape index (κ2) is 7.74. The molecular weight excluding hydrogens is 299 g/mol. The van der Waals surface area contributed by atoms with Gasteiger partial charge in [-0.25, -0.2) is 9.18 Å². The average Bonchev–Trinajstić information content (AvgIpc) is 2.59. The molecule has 0 aliphatic rings. The number of nitrogens with one attached hydrogen (secondary N) is 2. The lowest BCUT2D eigenvalue weighted by Crippen LogP contribution is -2.28. The van der Waals surface area contributed by atoms with Crippen molar-refractivity contribution in [3.63, 3.8) is 0 Å². The molecule has 0 saturated heterocycles. The third kappa shape index (κ3) is 4.67. The highest BCUT2D eigenvalue weighted by Crippen LogP contribution is 2.09. The SMILES string of the molecule is COC(=O)C(=CNc1ccc(F)cc1)NC(=O)c1ccccc1. The van der Waals surface area contributed by atoms with Gasteiger partial charge in [0.05, 0.1) is 7.11 Å². The highest BCUT2D eigenvalue weighted by Gasteiger charge is 2.14. The number of rotatable bonds is 5. The lowest BCUT2D eigenvalue weighted by Gasteiger charge is -2.09. The third-order valence-corrected chi connectivity index (χ3v) is 2.92. The largest absolute Gasteiger partial charge is 0.464 e. The first-order valence-electron chi connectivity index (χ1n) is 6.77. The van der Waals surface area contributed by atoms with Crippen LogP contribution in [0.4, 0.5) is 10.1 Å². The van der Waals surface area contributed by atoms with Gasteiger partial charge in [-0.15, -0.1) is 0 Å². The number of carbonyl (C=O) groups excluding carboxylic acids is 2. The van der Waals surface area contributed by atoms with Crippen molar-refractivity contribution >= 4 is 17.6 Å². The molecule has 5 nitrogen and oxygen atoms in total. The van der Waals surface area contributed by atoms with Crippen molar-refractivity contribution in [1.29, 1.82) is 0 Å². The van der Waals surface area contributed by atoms with E-state index in [1.165, 1.54) is 37.6 Å². The van der Waals surface area contributed by atoms with Crippen LogP contribution in [0.15, 0.2) is 66.5 Å². The molecule has 2 N–H and O–H groups in total. The quantitative estimate of drug-likeness (QED) is 0.658. The summed E-state index contributed by atoms with van der Waals surface area (Å²) in [7, 11) is 1.21. The topological polar surface area (TPSA) is 67.4 Å². The first-order valence-corrected chi connectivity index (χ1v) is 6.77. The van der Waals surface area contributed by atoms with E-state index in [1.807, 2.05) is 0 Å². The fourth-order valence-corrected chi connectivity index (χ4v) is 1.74. The average molecular weight is 314 g/mol. The van der Waals surface area contributed by atoms with Gasteiger partial charge in [-0.1, -0.05) is 18.2 Å². The minimum atomic E-state index is -0.705. The van der Waals surface area contributed by atoms with Crippen molar-refractivity contribution in [3.05, 3.63) is 77.9 Å². The summed E-state index contributed by atoms with van der Waals surface area (Å²) in [5, 5.41) is 5.28. The first kappa shape index (κ1) is 16.2. The number of amides is 1. The van der Waals surface area contributed by atoms with Gasteiger partial charge in [-0.2, -0.15) is 0 Å². The Kier molecular flexibility index (Phi) is 5.46. The smallest absolute Gasteiger partial charge is 0.356 e. The van der Waals surface area contributed by atoms with Crippen LogP contribution in [-0.2, 0) is 9.53 Å². The summed E-state index contributed by atoms with van der Waals surface area (Å²) in [4.78, 5) is 23.8. The number of carbonyl (C=O) groups is 2. The molecule has 118 valence electrons. The number of anilines is 1. The Bertz CT molecular complexity index is 712. The summed E-state index contributed by atoms with van der Waals surface area (Å²) in [6.07, 6.45) is 1.29. The predicted molar refractivity (Wildman–Crippen MR) is 84.0 cm³/mol. The number of ether oxygens (including phenoxy) is 1. The molecule has 0 atom stereocenters. The van der Waals surface area contributed by atoms with Crippen LogP contribution in [0.1, 0.15) is 10.4 Å². The summed E-state index contributed by atoms with van der Waals surface area (Å²) in [6, 6.07) is 14.0. The van der Waals surface area contributed by atoms with Crippen molar-refractivity contribution in [2.24, 2.45) is 0 Å². The maximum absolute atomic E-state index is 12.9. The van der Waals surface area contributed by atoms with Gasteiger partial charge in [-0.05, 0) is 36.4 Å². The highest BCUT2D eigenvalue weighted by atomic mass is 19.1. The Morgan fingerprint density at radius 2 is 1.70 bits per heavy atom. The lowest BCUT2D eigenvalue weighted by molar-refractivity contribution is -0.136. The standard InChI is InChI=1S/C17H15FN2O3/c1-23-17(22)15(11-19-14-9-7-13(18)8-10-14)20-16(21)12-5-3-2-4-6-12/h2-11,19H,1H3,(H,20,21). The maximum Gasteiger partial charge on any atom is 0.356 e. The number of hydrogen-bond donors (Lipinski definition) is 2. The highest BCUT2D eigenvalue weighted by molar-refractivity contribution is 6.01. The van der Waals surface area contributed by atoms with Crippen LogP contribution >= 0.6 is 0 Å². The van der Waals surface area contributed by atoms with Gasteiger partial charge in [0.1, 0.15) is 11.5 Å². The molecular formula is C17H15FN2O3. The van der Waals surface area contributed by atoms with Crippen LogP contribution in [0.2, 0.25) is 0 Å². The van der Waals surface area contributed by atoms with E-state index >= 15 is 0 Å². The van der Waals surface area contributed by atoms with E-state index in [4.69, 9.17) is 0 Å². The zero-order valence-corrected chi connectivity index (χ0v) is 12.4. The van der Waals surface area contributed by atoms with Crippen molar-refractivity contribution in [2.45, 2.75) is 0 Å². The van der Waals surface area contributed by atoms with Gasteiger partial charge in [0.15, 0.2) is 0 Å². The number of esters is 1. The van der Waals surface area contributed by atoms with Gasteiger partial charge in [0.2, 0.25) is 0 Å². The molecule has 2 aromatic carbocycles. The summed E-state index contributed by atoms with van der Waals surface area (Å²) in [5.74, 6) is -1.52. The first-order chi connectivity index (χ1) is 11.1. The summed E-state index contributed by atoms with van der Waals surface area (Å²) in [6.45, 7) is 0. The van der Waals surface area contributed by atoms with Crippen molar-refractivity contribution in [1.82, 2.24) is 5.32 Å². The van der Waals surface area contributed by atoms with E-state index in [0.29, 0.717) is 11.3 Å². The van der Waals surface area contributed by atoms with Crippen molar-refractivity contribution in [2.75, 3.05) is 12.4 Å². The van der Waals surface area contributed by atoms with Crippen LogP contribution in [-0.4, -0.2) is 19.0 Å². The minimum absolute atomic E-state index is 0.0642. The van der Waals surface area contributed by atoms with Crippen LogP contribution in [0.3, 0.4) is 0 Å². The van der Waals surface area contributed by atoms with Crippen LogP contribution in [0.5, 0.6) is 0 Å². The monoisotopic (exact) mass is 314 g/mol. The van der Waals surface area contributed by atoms with E-state index in [2.05, 4.69) is 15.4 Å². The van der Waals surface area contributed by atoms with E-state index < -0.39 is 11.9 Å². The number of methoxy groups -OCH3 is 1. The molecule has 0 saturated carbocycles. The maximum atomic E-state index is 12.9. The lowest BCUT2D eigenvalue weighted by atomic mass is 10.2. The molecule has 2 aromatic rings. The van der Waals surface area contributed by atoms with Gasteiger partial charge >= 0.3 is 5.97 Å². The summed E-state index contributed by atoms with van der Waals surface area (Å²) in [5.41, 5.74) is 0.900. The van der Waals surface area contributed by atoms with Gasteiger partial charge in [-0.3, -0.25) is 4.79 Å². The Morgan fingerprint density at radius 1 is 1.04 bits per heavy atom. The number of benzene rings is 2. The second-order valence-corrected chi connectivity index (χ2v) is 4.52. The van der Waals surface area contributed by atoms with E-state index in [9.17, 15) is 14.0 Å². The molecule has 0 heterocycles. The van der Waals surface area contributed by atoms with Gasteiger partial charge < -0.3 is 15.4 Å². The fourth-order valence-electron chi connectivity index (χ4n) is 1.74. The van der Waals surface area contributed by atoms with Crippen molar-refractivity contribution in [3.8, 4) is 0 Å². The Morgan fingerprint density at radius 3 is 2.30 bits per heavy atom. The van der Waals surface area contributed by atoms with Crippen LogP contribution in [0.25, 0.3) is 0 Å². The van der Waals surface area contributed by atoms with Crippen LogP contribution < -0.4 is 10.6 Å². The Labute approximate surface area is 132 Å². The van der Waals surface area contributed by atoms with E-state index in [0.717, 1.165) is 0 Å². The molecule has 0 spiro atoms. The van der Waals surface area contributed by atoms with Crippen LogP contribution in [0, 0.1) is 5.82 Å². The Hall–Kier alpha value is -3.15.